The molecule has 1 aliphatic rings. The highest BCUT2D eigenvalue weighted by molar-refractivity contribution is 5.71. The van der Waals surface area contributed by atoms with Gasteiger partial charge in [-0.25, -0.2) is 0 Å². The van der Waals surface area contributed by atoms with Crippen molar-refractivity contribution in [1.29, 1.82) is 0 Å². The van der Waals surface area contributed by atoms with Crippen molar-refractivity contribution in [2.75, 3.05) is 13.2 Å². The highest BCUT2D eigenvalue weighted by atomic mass is 16.5. The molecule has 4 nitrogen and oxygen atoms in total. The molecule has 4 heteroatoms. The maximum atomic E-state index is 11.9. The summed E-state index contributed by atoms with van der Waals surface area (Å²) in [5.74, 6) is -0.152. The molecule has 0 bridgehead atoms. The van der Waals surface area contributed by atoms with E-state index in [1.165, 1.54) is 0 Å². The minimum Gasteiger partial charge on any atom is -0.466 e. The second-order valence-electron chi connectivity index (χ2n) is 6.54. The molecule has 1 heterocycles. The first-order valence-electron chi connectivity index (χ1n) is 7.29. The minimum atomic E-state index is -0.390. The molecular weight excluding hydrogens is 242 g/mol. The Morgan fingerprint density at radius 3 is 2.32 bits per heavy atom. The second-order valence-corrected chi connectivity index (χ2v) is 6.54. The van der Waals surface area contributed by atoms with Gasteiger partial charge in [-0.2, -0.15) is 0 Å². The third-order valence-electron chi connectivity index (χ3n) is 3.88. The molecular formula is C15H29NO3. The van der Waals surface area contributed by atoms with Crippen LogP contribution in [0.3, 0.4) is 0 Å². The van der Waals surface area contributed by atoms with Crippen LogP contribution in [-0.4, -0.2) is 35.9 Å². The van der Waals surface area contributed by atoms with Gasteiger partial charge in [-0.05, 0) is 54.0 Å². The number of ether oxygens (including phenoxy) is 2. The lowest BCUT2D eigenvalue weighted by molar-refractivity contribution is -0.147. The number of carbonyl (C=O) groups excluding carboxylic acids is 1. The lowest BCUT2D eigenvalue weighted by Crippen LogP contribution is -2.58. The Kier molecular flexibility index (Phi) is 5.02. The molecule has 0 amide bonds. The highest BCUT2D eigenvalue weighted by Gasteiger charge is 2.57. The zero-order valence-electron chi connectivity index (χ0n) is 13.3. The van der Waals surface area contributed by atoms with Crippen LogP contribution in [0.4, 0.5) is 0 Å². The SMILES string of the molecule is CCCNC1(CC(=O)OCC)CC(C)(C)OC1(C)C. The van der Waals surface area contributed by atoms with E-state index in [0.717, 1.165) is 19.4 Å². The Morgan fingerprint density at radius 1 is 1.26 bits per heavy atom. The normalized spacial score (nSPS) is 28.3. The standard InChI is InChI=1S/C15H29NO3/c1-7-9-16-15(10-12(17)18-8-2)11-13(3,4)19-14(15,5)6/h16H,7-11H2,1-6H3. The molecule has 19 heavy (non-hydrogen) atoms. The first-order chi connectivity index (χ1) is 8.68. The third kappa shape index (κ3) is 3.69. The average molecular weight is 271 g/mol. The third-order valence-corrected chi connectivity index (χ3v) is 3.88. The fourth-order valence-electron chi connectivity index (χ4n) is 3.20. The molecule has 0 aromatic rings. The van der Waals surface area contributed by atoms with Crippen molar-refractivity contribution in [2.24, 2.45) is 0 Å². The molecule has 1 rings (SSSR count). The summed E-state index contributed by atoms with van der Waals surface area (Å²) in [6.07, 6.45) is 2.20. The molecule has 1 aliphatic heterocycles. The van der Waals surface area contributed by atoms with Gasteiger partial charge in [-0.3, -0.25) is 4.79 Å². The summed E-state index contributed by atoms with van der Waals surface area (Å²) < 4.78 is 11.3. The van der Waals surface area contributed by atoms with Crippen molar-refractivity contribution in [3.8, 4) is 0 Å². The van der Waals surface area contributed by atoms with E-state index in [2.05, 4.69) is 39.9 Å². The van der Waals surface area contributed by atoms with Crippen LogP contribution >= 0.6 is 0 Å². The molecule has 0 spiro atoms. The van der Waals surface area contributed by atoms with Gasteiger partial charge in [-0.15, -0.1) is 0 Å². The van der Waals surface area contributed by atoms with Crippen LogP contribution in [-0.2, 0) is 14.3 Å². The molecule has 1 atom stereocenters. The molecule has 1 unspecified atom stereocenters. The van der Waals surface area contributed by atoms with Gasteiger partial charge in [0.2, 0.25) is 0 Å². The zero-order valence-corrected chi connectivity index (χ0v) is 13.3. The predicted molar refractivity (Wildman–Crippen MR) is 76.1 cm³/mol. The van der Waals surface area contributed by atoms with E-state index in [1.807, 2.05) is 6.92 Å². The molecule has 1 saturated heterocycles. The Labute approximate surface area is 117 Å². The van der Waals surface area contributed by atoms with Gasteiger partial charge in [-0.1, -0.05) is 6.92 Å². The predicted octanol–water partition coefficient (Wildman–Crippen LogP) is 2.66. The number of hydrogen-bond acceptors (Lipinski definition) is 4. The van der Waals surface area contributed by atoms with Crippen molar-refractivity contribution in [3.05, 3.63) is 0 Å². The van der Waals surface area contributed by atoms with Crippen LogP contribution in [0.2, 0.25) is 0 Å². The van der Waals surface area contributed by atoms with Gasteiger partial charge < -0.3 is 14.8 Å². The fraction of sp³-hybridized carbons (Fsp3) is 0.933. The van der Waals surface area contributed by atoms with Crippen LogP contribution in [0.25, 0.3) is 0 Å². The van der Waals surface area contributed by atoms with E-state index in [0.29, 0.717) is 13.0 Å². The van der Waals surface area contributed by atoms with Gasteiger partial charge in [0, 0.05) is 0 Å². The van der Waals surface area contributed by atoms with Crippen LogP contribution in [0.15, 0.2) is 0 Å². The van der Waals surface area contributed by atoms with E-state index < -0.39 is 5.60 Å². The summed E-state index contributed by atoms with van der Waals surface area (Å²) in [6.45, 7) is 13.5. The van der Waals surface area contributed by atoms with Gasteiger partial charge >= 0.3 is 5.97 Å². The first-order valence-corrected chi connectivity index (χ1v) is 7.29. The molecule has 0 radical (unpaired) electrons. The highest BCUT2D eigenvalue weighted by Crippen LogP contribution is 2.46. The number of nitrogens with one attached hydrogen (secondary N) is 1. The molecule has 0 aliphatic carbocycles. The molecule has 1 N–H and O–H groups in total. The Morgan fingerprint density at radius 2 is 1.89 bits per heavy atom. The van der Waals surface area contributed by atoms with E-state index in [1.54, 1.807) is 0 Å². The van der Waals surface area contributed by atoms with Gasteiger partial charge in [0.15, 0.2) is 0 Å². The number of hydrogen-bond donors (Lipinski definition) is 1. The number of esters is 1. The summed E-state index contributed by atoms with van der Waals surface area (Å²) in [5.41, 5.74) is -0.964. The van der Waals surface area contributed by atoms with Crippen LogP contribution < -0.4 is 5.32 Å². The molecule has 112 valence electrons. The van der Waals surface area contributed by atoms with E-state index in [4.69, 9.17) is 9.47 Å². The number of rotatable bonds is 6. The summed E-state index contributed by atoms with van der Waals surface area (Å²) in [7, 11) is 0. The largest absolute Gasteiger partial charge is 0.466 e. The molecule has 0 aromatic carbocycles. The smallest absolute Gasteiger partial charge is 0.307 e. The van der Waals surface area contributed by atoms with Crippen molar-refractivity contribution in [3.63, 3.8) is 0 Å². The van der Waals surface area contributed by atoms with Gasteiger partial charge in [0.1, 0.15) is 0 Å². The monoisotopic (exact) mass is 271 g/mol. The summed E-state index contributed by atoms with van der Waals surface area (Å²) >= 11 is 0. The lowest BCUT2D eigenvalue weighted by atomic mass is 9.76. The quantitative estimate of drug-likeness (QED) is 0.755. The van der Waals surface area contributed by atoms with Gasteiger partial charge in [0.25, 0.3) is 0 Å². The topological polar surface area (TPSA) is 47.6 Å². The van der Waals surface area contributed by atoms with Crippen LogP contribution in [0, 0.1) is 0 Å². The van der Waals surface area contributed by atoms with Gasteiger partial charge in [0.05, 0.1) is 29.8 Å². The summed E-state index contributed by atoms with van der Waals surface area (Å²) in [6, 6.07) is 0. The molecule has 1 fully saturated rings. The van der Waals surface area contributed by atoms with Crippen molar-refractivity contribution in [1.82, 2.24) is 5.32 Å². The van der Waals surface area contributed by atoms with Crippen molar-refractivity contribution >= 4 is 5.97 Å². The average Bonchev–Trinajstić information content (AvgIpc) is 2.41. The van der Waals surface area contributed by atoms with E-state index in [-0.39, 0.29) is 17.1 Å². The van der Waals surface area contributed by atoms with Crippen molar-refractivity contribution < 1.29 is 14.3 Å². The maximum absolute atomic E-state index is 11.9. The number of carbonyl (C=O) groups is 1. The first kappa shape index (κ1) is 16.4. The zero-order chi connectivity index (χ0) is 14.7. The minimum absolute atomic E-state index is 0.152. The van der Waals surface area contributed by atoms with E-state index in [9.17, 15) is 4.79 Å². The maximum Gasteiger partial charge on any atom is 0.307 e. The Balaban J connectivity index is 2.95. The summed E-state index contributed by atoms with van der Waals surface area (Å²) in [4.78, 5) is 11.9. The molecule has 0 aromatic heterocycles. The summed E-state index contributed by atoms with van der Waals surface area (Å²) in [5, 5.41) is 3.55. The Bertz CT molecular complexity index is 325. The Hall–Kier alpha value is -0.610. The molecule has 0 saturated carbocycles. The van der Waals surface area contributed by atoms with E-state index >= 15 is 0 Å². The van der Waals surface area contributed by atoms with Crippen molar-refractivity contribution in [2.45, 2.75) is 77.5 Å². The lowest BCUT2D eigenvalue weighted by Gasteiger charge is -2.40. The van der Waals surface area contributed by atoms with Crippen LogP contribution in [0.5, 0.6) is 0 Å². The second kappa shape index (κ2) is 5.80. The fourth-order valence-corrected chi connectivity index (χ4v) is 3.20. The van der Waals surface area contributed by atoms with Crippen LogP contribution in [0.1, 0.15) is 60.8 Å².